The average molecular weight is 539 g/mol. The number of rotatable bonds is 4. The summed E-state index contributed by atoms with van der Waals surface area (Å²) in [5.41, 5.74) is 10.9. The van der Waals surface area contributed by atoms with Crippen LogP contribution >= 0.6 is 0 Å². The van der Waals surface area contributed by atoms with Crippen LogP contribution in [-0.2, 0) is 28.9 Å². The molecule has 1 aliphatic carbocycles. The SMILES string of the molecule is COC(=O)C1(C)Cc2c(C)c(C)c(B3Nc4cccc5cccc(c45)N3Cc3ccc4ccccc4c3)c(C)c2C1. The Hall–Kier alpha value is -4.25. The molecule has 4 nitrogen and oxygen atoms in total. The second-order valence-electron chi connectivity index (χ2n) is 12.2. The molecule has 1 N–H and O–H groups in total. The molecule has 7 rings (SSSR count). The molecule has 5 heteroatoms. The summed E-state index contributed by atoms with van der Waals surface area (Å²) in [6, 6.07) is 28.5. The van der Waals surface area contributed by atoms with Crippen LogP contribution in [0.2, 0.25) is 0 Å². The van der Waals surface area contributed by atoms with Gasteiger partial charge in [-0.25, -0.2) is 0 Å². The monoisotopic (exact) mass is 538 g/mol. The van der Waals surface area contributed by atoms with Crippen molar-refractivity contribution in [2.75, 3.05) is 17.1 Å². The molecule has 5 aromatic carbocycles. The van der Waals surface area contributed by atoms with E-state index in [0.29, 0.717) is 6.42 Å². The first-order valence-electron chi connectivity index (χ1n) is 14.5. The lowest BCUT2D eigenvalue weighted by Gasteiger charge is -2.39. The molecule has 0 aromatic heterocycles. The summed E-state index contributed by atoms with van der Waals surface area (Å²) >= 11 is 0. The van der Waals surface area contributed by atoms with Gasteiger partial charge in [-0.3, -0.25) is 4.79 Å². The largest absolute Gasteiger partial charge is 0.469 e. The van der Waals surface area contributed by atoms with Crippen molar-refractivity contribution >= 4 is 51.3 Å². The van der Waals surface area contributed by atoms with Gasteiger partial charge in [0.15, 0.2) is 0 Å². The van der Waals surface area contributed by atoms with Crippen LogP contribution in [0.3, 0.4) is 0 Å². The summed E-state index contributed by atoms with van der Waals surface area (Å²) < 4.78 is 5.25. The highest BCUT2D eigenvalue weighted by atomic mass is 16.5. The first kappa shape index (κ1) is 25.7. The Kier molecular flexibility index (Phi) is 5.90. The molecule has 0 bridgehead atoms. The van der Waals surface area contributed by atoms with Gasteiger partial charge in [-0.1, -0.05) is 60.7 Å². The number of carbonyl (C=O) groups excluding carboxylic acids is 1. The highest BCUT2D eigenvalue weighted by Gasteiger charge is 2.44. The molecule has 2 aliphatic rings. The second-order valence-corrected chi connectivity index (χ2v) is 12.2. The lowest BCUT2D eigenvalue weighted by Crippen LogP contribution is -2.57. The Morgan fingerprint density at radius 2 is 1.54 bits per heavy atom. The van der Waals surface area contributed by atoms with Crippen LogP contribution in [-0.4, -0.2) is 20.1 Å². The first-order valence-corrected chi connectivity index (χ1v) is 14.5. The molecule has 0 saturated carbocycles. The molecule has 1 atom stereocenters. The molecule has 0 fully saturated rings. The van der Waals surface area contributed by atoms with Gasteiger partial charge >= 0.3 is 13.0 Å². The lowest BCUT2D eigenvalue weighted by molar-refractivity contribution is -0.151. The second kappa shape index (κ2) is 9.41. The van der Waals surface area contributed by atoms with Crippen molar-refractivity contribution in [3.05, 3.63) is 112 Å². The maximum atomic E-state index is 12.8. The van der Waals surface area contributed by atoms with Gasteiger partial charge in [-0.2, -0.15) is 0 Å². The number of fused-ring (bicyclic) bond motifs is 2. The van der Waals surface area contributed by atoms with E-state index in [2.05, 4.69) is 117 Å². The lowest BCUT2D eigenvalue weighted by atomic mass is 9.59. The Labute approximate surface area is 242 Å². The van der Waals surface area contributed by atoms with E-state index in [1.807, 2.05) is 0 Å². The van der Waals surface area contributed by atoms with Gasteiger partial charge in [0.25, 0.3) is 0 Å². The smallest absolute Gasteiger partial charge is 0.409 e. The predicted molar refractivity (Wildman–Crippen MR) is 171 cm³/mol. The molecular weight excluding hydrogens is 503 g/mol. The maximum absolute atomic E-state index is 12.8. The van der Waals surface area contributed by atoms with E-state index in [0.717, 1.165) is 18.7 Å². The Morgan fingerprint density at radius 3 is 2.29 bits per heavy atom. The van der Waals surface area contributed by atoms with E-state index in [-0.39, 0.29) is 13.0 Å². The third-order valence-corrected chi connectivity index (χ3v) is 9.69. The van der Waals surface area contributed by atoms with E-state index in [4.69, 9.17) is 4.74 Å². The van der Waals surface area contributed by atoms with Crippen LogP contribution in [0.15, 0.2) is 78.9 Å². The zero-order chi connectivity index (χ0) is 28.5. The molecule has 1 unspecified atom stereocenters. The highest BCUT2D eigenvalue weighted by molar-refractivity contribution is 6.81. The van der Waals surface area contributed by atoms with Gasteiger partial charge < -0.3 is 14.8 Å². The van der Waals surface area contributed by atoms with Gasteiger partial charge in [0.1, 0.15) is 0 Å². The Balaban J connectivity index is 1.40. The number of hydrogen-bond acceptors (Lipinski definition) is 4. The summed E-state index contributed by atoms with van der Waals surface area (Å²) in [7, 11) is 1.50. The minimum atomic E-state index is -0.527. The fourth-order valence-electron chi connectivity index (χ4n) is 7.43. The fraction of sp³-hybridized carbons (Fsp3) is 0.250. The standard InChI is InChI=1S/C36H35BN2O2/c1-22-23(2)34(24(3)30-20-36(4,19-29(22)30)35(40)41-5)37-38-31-14-8-12-27-13-9-15-32(33(27)31)39(37)21-25-16-17-26-10-6-7-11-28(26)18-25/h6-18,38H,19-21H2,1-5H3. The number of esters is 1. The minimum absolute atomic E-state index is 0.0593. The van der Waals surface area contributed by atoms with E-state index >= 15 is 0 Å². The summed E-state index contributed by atoms with van der Waals surface area (Å²) in [6.45, 7) is 9.49. The summed E-state index contributed by atoms with van der Waals surface area (Å²) in [6.07, 6.45) is 1.43. The number of benzene rings is 5. The average Bonchev–Trinajstić information content (AvgIpc) is 3.36. The van der Waals surface area contributed by atoms with Gasteiger partial charge in [0.2, 0.25) is 0 Å². The maximum Gasteiger partial charge on any atom is 0.409 e. The van der Waals surface area contributed by atoms with Crippen molar-refractivity contribution < 1.29 is 9.53 Å². The zero-order valence-corrected chi connectivity index (χ0v) is 24.5. The van der Waals surface area contributed by atoms with Crippen LogP contribution in [0.25, 0.3) is 21.5 Å². The molecular formula is C36H35BN2O2. The fourth-order valence-corrected chi connectivity index (χ4v) is 7.43. The molecule has 1 aliphatic heterocycles. The quantitative estimate of drug-likeness (QED) is 0.197. The van der Waals surface area contributed by atoms with Crippen molar-refractivity contribution in [3.8, 4) is 0 Å². The number of nitrogens with one attached hydrogen (secondary N) is 1. The summed E-state index contributed by atoms with van der Waals surface area (Å²) in [5.74, 6) is -0.124. The molecule has 5 aromatic rings. The van der Waals surface area contributed by atoms with E-state index < -0.39 is 5.41 Å². The molecule has 0 amide bonds. The third-order valence-electron chi connectivity index (χ3n) is 9.69. The molecule has 0 radical (unpaired) electrons. The van der Waals surface area contributed by atoms with Crippen LogP contribution < -0.4 is 15.5 Å². The summed E-state index contributed by atoms with van der Waals surface area (Å²) in [5, 5.41) is 8.99. The normalized spacial score (nSPS) is 17.6. The van der Waals surface area contributed by atoms with Crippen molar-refractivity contribution in [1.29, 1.82) is 0 Å². The van der Waals surface area contributed by atoms with Gasteiger partial charge in [0, 0.05) is 23.3 Å². The molecule has 0 saturated heterocycles. The Morgan fingerprint density at radius 1 is 0.854 bits per heavy atom. The first-order chi connectivity index (χ1) is 19.8. The van der Waals surface area contributed by atoms with E-state index in [1.54, 1.807) is 0 Å². The topological polar surface area (TPSA) is 41.6 Å². The number of nitrogens with zero attached hydrogens (tertiary/aromatic N) is 1. The molecule has 1 heterocycles. The van der Waals surface area contributed by atoms with Gasteiger partial charge in [-0.05, 0) is 114 Å². The van der Waals surface area contributed by atoms with Crippen molar-refractivity contribution in [1.82, 2.24) is 0 Å². The summed E-state index contributed by atoms with van der Waals surface area (Å²) in [4.78, 5) is 15.4. The van der Waals surface area contributed by atoms with Crippen LogP contribution in [0, 0.1) is 26.2 Å². The van der Waals surface area contributed by atoms with Crippen LogP contribution in [0.1, 0.15) is 40.3 Å². The minimum Gasteiger partial charge on any atom is -0.469 e. The van der Waals surface area contributed by atoms with E-state index in [9.17, 15) is 4.79 Å². The van der Waals surface area contributed by atoms with Crippen molar-refractivity contribution in [3.63, 3.8) is 0 Å². The Bertz CT molecular complexity index is 1870. The van der Waals surface area contributed by atoms with E-state index in [1.165, 1.54) is 73.2 Å². The predicted octanol–water partition coefficient (Wildman–Crippen LogP) is 7.02. The highest BCUT2D eigenvalue weighted by Crippen LogP contribution is 2.43. The van der Waals surface area contributed by atoms with Gasteiger partial charge in [0.05, 0.1) is 12.5 Å². The number of ether oxygens (including phenoxy) is 1. The number of carbonyl (C=O) groups is 1. The zero-order valence-electron chi connectivity index (χ0n) is 24.5. The third kappa shape index (κ3) is 3.93. The van der Waals surface area contributed by atoms with Crippen molar-refractivity contribution in [2.45, 2.75) is 47.1 Å². The van der Waals surface area contributed by atoms with Gasteiger partial charge in [-0.15, -0.1) is 0 Å². The number of methoxy groups -OCH3 is 1. The van der Waals surface area contributed by atoms with Crippen LogP contribution in [0.5, 0.6) is 0 Å². The van der Waals surface area contributed by atoms with Crippen LogP contribution in [0.4, 0.5) is 11.4 Å². The number of anilines is 2. The van der Waals surface area contributed by atoms with Crippen molar-refractivity contribution in [2.24, 2.45) is 5.41 Å². The molecule has 41 heavy (non-hydrogen) atoms. The number of hydrogen-bond donors (Lipinski definition) is 1. The molecule has 204 valence electrons. The molecule has 0 spiro atoms.